The molecule has 0 unspecified atom stereocenters. The van der Waals surface area contributed by atoms with Crippen molar-refractivity contribution in [2.24, 2.45) is 5.92 Å². The van der Waals surface area contributed by atoms with Crippen LogP contribution in [0.15, 0.2) is 18.2 Å². The zero-order valence-corrected chi connectivity index (χ0v) is 12.2. The highest BCUT2D eigenvalue weighted by Crippen LogP contribution is 2.32. The van der Waals surface area contributed by atoms with Gasteiger partial charge in [0.25, 0.3) is 0 Å². The molecule has 0 saturated carbocycles. The molecule has 1 amide bonds. The Hall–Kier alpha value is -1.46. The molecular formula is C14H19ClN2O3. The average molecular weight is 299 g/mol. The largest absolute Gasteiger partial charge is 0.454 e. The van der Waals surface area contributed by atoms with Gasteiger partial charge in [0.05, 0.1) is 5.92 Å². The zero-order chi connectivity index (χ0) is 13.2. The molecule has 1 aromatic rings. The third kappa shape index (κ3) is 2.83. The van der Waals surface area contributed by atoms with Gasteiger partial charge in [0.2, 0.25) is 12.7 Å². The first kappa shape index (κ1) is 14.9. The molecule has 1 N–H and O–H groups in total. The Morgan fingerprint density at radius 3 is 2.75 bits per heavy atom. The minimum Gasteiger partial charge on any atom is -0.454 e. The van der Waals surface area contributed by atoms with Crippen LogP contribution in [0.25, 0.3) is 0 Å². The highest BCUT2D eigenvalue weighted by molar-refractivity contribution is 5.85. The van der Waals surface area contributed by atoms with Crippen LogP contribution >= 0.6 is 12.4 Å². The monoisotopic (exact) mass is 298 g/mol. The number of rotatable bonds is 4. The quantitative estimate of drug-likeness (QED) is 0.913. The van der Waals surface area contributed by atoms with Gasteiger partial charge < -0.3 is 19.7 Å². The van der Waals surface area contributed by atoms with E-state index in [-0.39, 0.29) is 31.0 Å². The van der Waals surface area contributed by atoms with Gasteiger partial charge in [-0.1, -0.05) is 6.07 Å². The Kier molecular flexibility index (Phi) is 4.73. The SMILES string of the molecule is CCN(Cc1ccc2c(c1)OCO2)C(=O)C1CNC1.Cl. The van der Waals surface area contributed by atoms with Crippen LogP contribution in [-0.4, -0.2) is 37.2 Å². The van der Waals surface area contributed by atoms with Crippen molar-refractivity contribution < 1.29 is 14.3 Å². The van der Waals surface area contributed by atoms with Crippen molar-refractivity contribution in [1.82, 2.24) is 10.2 Å². The number of ether oxygens (including phenoxy) is 2. The van der Waals surface area contributed by atoms with Gasteiger partial charge in [-0.15, -0.1) is 12.4 Å². The third-order valence-corrected chi connectivity index (χ3v) is 3.63. The van der Waals surface area contributed by atoms with Gasteiger partial charge in [0.15, 0.2) is 11.5 Å². The normalized spacial score (nSPS) is 16.2. The molecule has 20 heavy (non-hydrogen) atoms. The second-order valence-corrected chi connectivity index (χ2v) is 4.90. The predicted octanol–water partition coefficient (Wildman–Crippen LogP) is 1.40. The van der Waals surface area contributed by atoms with Crippen LogP contribution in [0, 0.1) is 5.92 Å². The molecule has 0 aromatic heterocycles. The summed E-state index contributed by atoms with van der Waals surface area (Å²) in [4.78, 5) is 14.1. The number of amides is 1. The third-order valence-electron chi connectivity index (χ3n) is 3.63. The lowest BCUT2D eigenvalue weighted by Gasteiger charge is -2.32. The first-order valence-electron chi connectivity index (χ1n) is 6.66. The number of nitrogens with one attached hydrogen (secondary N) is 1. The Morgan fingerprint density at radius 2 is 2.10 bits per heavy atom. The van der Waals surface area contributed by atoms with Crippen LogP contribution in [0.5, 0.6) is 11.5 Å². The van der Waals surface area contributed by atoms with Crippen molar-refractivity contribution in [2.75, 3.05) is 26.4 Å². The molecule has 0 radical (unpaired) electrons. The van der Waals surface area contributed by atoms with Gasteiger partial charge in [-0.05, 0) is 24.6 Å². The lowest BCUT2D eigenvalue weighted by atomic mass is 10.0. The van der Waals surface area contributed by atoms with Crippen LogP contribution in [-0.2, 0) is 11.3 Å². The molecule has 2 aliphatic rings. The number of benzene rings is 1. The number of carbonyl (C=O) groups excluding carboxylic acids is 1. The van der Waals surface area contributed by atoms with Crippen LogP contribution in [0.2, 0.25) is 0 Å². The summed E-state index contributed by atoms with van der Waals surface area (Å²) in [6.45, 7) is 5.25. The first-order chi connectivity index (χ1) is 9.28. The fourth-order valence-corrected chi connectivity index (χ4v) is 2.33. The van der Waals surface area contributed by atoms with Crippen molar-refractivity contribution >= 4 is 18.3 Å². The van der Waals surface area contributed by atoms with E-state index in [9.17, 15) is 4.79 Å². The maximum atomic E-state index is 12.2. The highest BCUT2D eigenvalue weighted by atomic mass is 35.5. The van der Waals surface area contributed by atoms with Crippen molar-refractivity contribution in [2.45, 2.75) is 13.5 Å². The second-order valence-electron chi connectivity index (χ2n) is 4.90. The van der Waals surface area contributed by atoms with E-state index in [0.717, 1.165) is 36.7 Å². The zero-order valence-electron chi connectivity index (χ0n) is 11.4. The molecule has 2 heterocycles. The predicted molar refractivity (Wildman–Crippen MR) is 77.3 cm³/mol. The van der Waals surface area contributed by atoms with E-state index in [1.165, 1.54) is 0 Å². The second kappa shape index (κ2) is 6.33. The fourth-order valence-electron chi connectivity index (χ4n) is 2.33. The summed E-state index contributed by atoms with van der Waals surface area (Å²) in [7, 11) is 0. The van der Waals surface area contributed by atoms with Crippen LogP contribution in [0.1, 0.15) is 12.5 Å². The number of carbonyl (C=O) groups is 1. The lowest BCUT2D eigenvalue weighted by molar-refractivity contribution is -0.137. The minimum absolute atomic E-state index is 0. The van der Waals surface area contributed by atoms with Crippen molar-refractivity contribution in [1.29, 1.82) is 0 Å². The van der Waals surface area contributed by atoms with Gasteiger partial charge in [-0.3, -0.25) is 4.79 Å². The summed E-state index contributed by atoms with van der Waals surface area (Å²) >= 11 is 0. The molecule has 6 heteroatoms. The molecule has 0 aliphatic carbocycles. The van der Waals surface area contributed by atoms with Crippen molar-refractivity contribution in [3.63, 3.8) is 0 Å². The molecule has 0 spiro atoms. The van der Waals surface area contributed by atoms with Gasteiger partial charge in [0.1, 0.15) is 0 Å². The Balaban J connectivity index is 0.00000147. The lowest BCUT2D eigenvalue weighted by Crippen LogP contribution is -2.51. The number of halogens is 1. The molecule has 2 aliphatic heterocycles. The maximum absolute atomic E-state index is 12.2. The maximum Gasteiger partial charge on any atom is 0.231 e. The van der Waals surface area contributed by atoms with Gasteiger partial charge in [-0.2, -0.15) is 0 Å². The molecule has 1 saturated heterocycles. The molecule has 1 fully saturated rings. The smallest absolute Gasteiger partial charge is 0.231 e. The molecule has 3 rings (SSSR count). The molecule has 1 aromatic carbocycles. The first-order valence-corrected chi connectivity index (χ1v) is 6.66. The van der Waals surface area contributed by atoms with E-state index >= 15 is 0 Å². The standard InChI is InChI=1S/C14H18N2O3.ClH/c1-2-16(14(17)11-6-15-7-11)8-10-3-4-12-13(5-10)19-9-18-12;/h3-5,11,15H,2,6-9H2,1H3;1H. The fraction of sp³-hybridized carbons (Fsp3) is 0.500. The van der Waals surface area contributed by atoms with E-state index in [0.29, 0.717) is 6.54 Å². The molecule has 0 bridgehead atoms. The van der Waals surface area contributed by atoms with Crippen LogP contribution in [0.3, 0.4) is 0 Å². The molecule has 5 nitrogen and oxygen atoms in total. The molecular weight excluding hydrogens is 280 g/mol. The van der Waals surface area contributed by atoms with Crippen LogP contribution < -0.4 is 14.8 Å². The summed E-state index contributed by atoms with van der Waals surface area (Å²) in [5.41, 5.74) is 1.08. The number of hydrogen-bond acceptors (Lipinski definition) is 4. The van der Waals surface area contributed by atoms with E-state index < -0.39 is 0 Å². The highest BCUT2D eigenvalue weighted by Gasteiger charge is 2.28. The van der Waals surface area contributed by atoms with Gasteiger partial charge in [0, 0.05) is 26.2 Å². The van der Waals surface area contributed by atoms with Gasteiger partial charge >= 0.3 is 0 Å². The van der Waals surface area contributed by atoms with E-state index in [2.05, 4.69) is 5.32 Å². The van der Waals surface area contributed by atoms with Gasteiger partial charge in [-0.25, -0.2) is 0 Å². The Labute approximate surface area is 124 Å². The van der Waals surface area contributed by atoms with E-state index in [1.54, 1.807) is 0 Å². The van der Waals surface area contributed by atoms with Crippen molar-refractivity contribution in [3.05, 3.63) is 23.8 Å². The molecule has 110 valence electrons. The van der Waals surface area contributed by atoms with E-state index in [1.807, 2.05) is 30.0 Å². The van der Waals surface area contributed by atoms with Crippen LogP contribution in [0.4, 0.5) is 0 Å². The summed E-state index contributed by atoms with van der Waals surface area (Å²) < 4.78 is 10.6. The Bertz CT molecular complexity index is 491. The number of nitrogens with zero attached hydrogens (tertiary/aromatic N) is 1. The summed E-state index contributed by atoms with van der Waals surface area (Å²) in [6, 6.07) is 5.85. The van der Waals surface area contributed by atoms with Crippen molar-refractivity contribution in [3.8, 4) is 11.5 Å². The van der Waals surface area contributed by atoms with E-state index in [4.69, 9.17) is 9.47 Å². The molecule has 0 atom stereocenters. The number of fused-ring (bicyclic) bond motifs is 1. The average Bonchev–Trinajstić information content (AvgIpc) is 2.80. The summed E-state index contributed by atoms with van der Waals surface area (Å²) in [5.74, 6) is 1.93. The number of hydrogen-bond donors (Lipinski definition) is 1. The summed E-state index contributed by atoms with van der Waals surface area (Å²) in [5, 5.41) is 3.13. The summed E-state index contributed by atoms with van der Waals surface area (Å²) in [6.07, 6.45) is 0. The minimum atomic E-state index is 0. The Morgan fingerprint density at radius 1 is 1.35 bits per heavy atom. The topological polar surface area (TPSA) is 50.8 Å².